The van der Waals surface area contributed by atoms with Gasteiger partial charge in [0.1, 0.15) is 0 Å². The summed E-state index contributed by atoms with van der Waals surface area (Å²) in [6, 6.07) is 0. The Balaban J connectivity index is 2.44. The lowest BCUT2D eigenvalue weighted by Gasteiger charge is -2.33. The first-order valence-corrected chi connectivity index (χ1v) is 7.93. The Morgan fingerprint density at radius 3 is 2.08 bits per heavy atom. The molecule has 6 heteroatoms. The number of carbonyl (C=O) groups is 2. The first kappa shape index (κ1) is 18.7. The molecule has 0 aromatic heterocycles. The van der Waals surface area contributed by atoms with E-state index in [2.05, 4.69) is 13.0 Å². The summed E-state index contributed by atoms with van der Waals surface area (Å²) in [4.78, 5) is 24.8. The molecule has 0 unspecified atom stereocenters. The van der Waals surface area contributed by atoms with Crippen LogP contribution < -0.4 is 0 Å². The van der Waals surface area contributed by atoms with Crippen LogP contribution in [0.15, 0.2) is 22.8 Å². The number of methoxy groups -OCH3 is 4. The predicted octanol–water partition coefficient (Wildman–Crippen LogP) is 2.04. The fraction of sp³-hybridized carbons (Fsp3) is 0.667. The number of hydrogen-bond donors (Lipinski definition) is 0. The van der Waals surface area contributed by atoms with Crippen LogP contribution in [0, 0.1) is 10.8 Å². The summed E-state index contributed by atoms with van der Waals surface area (Å²) >= 11 is 0. The van der Waals surface area contributed by atoms with E-state index in [0.717, 1.165) is 23.1 Å². The number of ether oxygens (including phenoxy) is 4. The molecule has 0 bridgehead atoms. The Bertz CT molecular complexity index is 572. The van der Waals surface area contributed by atoms with Gasteiger partial charge in [-0.05, 0) is 35.8 Å². The van der Waals surface area contributed by atoms with E-state index in [1.165, 1.54) is 14.2 Å². The number of allylic oxidation sites excluding steroid dienone is 1. The van der Waals surface area contributed by atoms with Crippen molar-refractivity contribution in [1.82, 2.24) is 0 Å². The minimum absolute atomic E-state index is 0.298. The molecule has 0 amide bonds. The first-order valence-electron chi connectivity index (χ1n) is 7.93. The Morgan fingerprint density at radius 2 is 1.58 bits per heavy atom. The van der Waals surface area contributed by atoms with E-state index in [1.807, 2.05) is 0 Å². The van der Waals surface area contributed by atoms with Crippen molar-refractivity contribution in [2.45, 2.75) is 26.2 Å². The maximum atomic E-state index is 12.4. The van der Waals surface area contributed by atoms with Gasteiger partial charge in [-0.3, -0.25) is 9.59 Å². The molecule has 0 aliphatic heterocycles. The van der Waals surface area contributed by atoms with Gasteiger partial charge in [-0.25, -0.2) is 0 Å². The molecule has 6 nitrogen and oxygen atoms in total. The van der Waals surface area contributed by atoms with Gasteiger partial charge in [-0.1, -0.05) is 18.6 Å². The first-order chi connectivity index (χ1) is 11.4. The SMILES string of the molecule is COCC1=C(COC)C[C@]2(C)CC(C(=O)OC)(C(=O)OC)CC2=C1. The lowest BCUT2D eigenvalue weighted by molar-refractivity contribution is -0.169. The molecular weight excluding hydrogens is 312 g/mol. The summed E-state index contributed by atoms with van der Waals surface area (Å²) in [5, 5.41) is 0. The molecule has 1 fully saturated rings. The van der Waals surface area contributed by atoms with Gasteiger partial charge >= 0.3 is 11.9 Å². The van der Waals surface area contributed by atoms with Crippen molar-refractivity contribution in [3.8, 4) is 0 Å². The lowest BCUT2D eigenvalue weighted by Crippen LogP contribution is -2.40. The van der Waals surface area contributed by atoms with Crippen LogP contribution in [-0.2, 0) is 28.5 Å². The average molecular weight is 338 g/mol. The smallest absolute Gasteiger partial charge is 0.323 e. The van der Waals surface area contributed by atoms with E-state index in [1.54, 1.807) is 14.2 Å². The summed E-state index contributed by atoms with van der Waals surface area (Å²) < 4.78 is 20.5. The number of hydrogen-bond acceptors (Lipinski definition) is 6. The Labute approximate surface area is 142 Å². The number of esters is 2. The summed E-state index contributed by atoms with van der Waals surface area (Å²) in [5.41, 5.74) is 1.68. The zero-order chi connectivity index (χ0) is 18.0. The van der Waals surface area contributed by atoms with Crippen LogP contribution in [0.2, 0.25) is 0 Å². The van der Waals surface area contributed by atoms with Crippen molar-refractivity contribution in [1.29, 1.82) is 0 Å². The largest absolute Gasteiger partial charge is 0.468 e. The van der Waals surface area contributed by atoms with E-state index in [4.69, 9.17) is 18.9 Å². The van der Waals surface area contributed by atoms with Crippen LogP contribution in [0.25, 0.3) is 0 Å². The van der Waals surface area contributed by atoms with Gasteiger partial charge in [0.15, 0.2) is 5.41 Å². The minimum atomic E-state index is -1.27. The van der Waals surface area contributed by atoms with Crippen LogP contribution in [0.5, 0.6) is 0 Å². The second kappa shape index (κ2) is 7.07. The van der Waals surface area contributed by atoms with Crippen molar-refractivity contribution < 1.29 is 28.5 Å². The van der Waals surface area contributed by atoms with E-state index in [0.29, 0.717) is 26.1 Å². The summed E-state index contributed by atoms with van der Waals surface area (Å²) in [6.07, 6.45) is 3.46. The molecule has 134 valence electrons. The third kappa shape index (κ3) is 3.00. The van der Waals surface area contributed by atoms with E-state index in [-0.39, 0.29) is 5.41 Å². The monoisotopic (exact) mass is 338 g/mol. The predicted molar refractivity (Wildman–Crippen MR) is 87.3 cm³/mol. The molecule has 2 rings (SSSR count). The van der Waals surface area contributed by atoms with E-state index >= 15 is 0 Å². The zero-order valence-corrected chi connectivity index (χ0v) is 15.1. The van der Waals surface area contributed by atoms with Crippen LogP contribution in [0.3, 0.4) is 0 Å². The second-order valence-electron chi connectivity index (χ2n) is 6.82. The topological polar surface area (TPSA) is 71.1 Å². The van der Waals surface area contributed by atoms with Gasteiger partial charge in [0.25, 0.3) is 0 Å². The second-order valence-corrected chi connectivity index (χ2v) is 6.82. The molecule has 2 aliphatic carbocycles. The van der Waals surface area contributed by atoms with Gasteiger partial charge in [-0.2, -0.15) is 0 Å². The summed E-state index contributed by atoms with van der Waals surface area (Å²) in [7, 11) is 5.90. The maximum Gasteiger partial charge on any atom is 0.323 e. The molecule has 1 atom stereocenters. The molecular formula is C18H26O6. The van der Waals surface area contributed by atoms with Crippen molar-refractivity contribution >= 4 is 11.9 Å². The van der Waals surface area contributed by atoms with Gasteiger partial charge in [-0.15, -0.1) is 0 Å². The van der Waals surface area contributed by atoms with Crippen LogP contribution in [0.4, 0.5) is 0 Å². The van der Waals surface area contributed by atoms with Gasteiger partial charge in [0.05, 0.1) is 27.4 Å². The van der Waals surface area contributed by atoms with Crippen molar-refractivity contribution in [3.05, 3.63) is 22.8 Å². The Morgan fingerprint density at radius 1 is 1.00 bits per heavy atom. The standard InChI is InChI=1S/C18H26O6/c1-17-7-13(10-22-3)12(9-21-2)6-14(17)8-18(11-17,15(19)23-4)16(20)24-5/h6H,7-11H2,1-5H3/t17-/m1/s1. The molecule has 0 aromatic rings. The molecule has 2 aliphatic rings. The van der Waals surface area contributed by atoms with Crippen molar-refractivity contribution in [2.75, 3.05) is 41.7 Å². The highest BCUT2D eigenvalue weighted by atomic mass is 16.5. The fourth-order valence-electron chi connectivity index (χ4n) is 4.06. The summed E-state index contributed by atoms with van der Waals surface area (Å²) in [6.45, 7) is 3.05. The average Bonchev–Trinajstić information content (AvgIpc) is 2.87. The molecule has 0 spiro atoms. The Hall–Kier alpha value is -1.66. The van der Waals surface area contributed by atoms with Crippen LogP contribution in [0.1, 0.15) is 26.2 Å². The molecule has 0 N–H and O–H groups in total. The minimum Gasteiger partial charge on any atom is -0.468 e. The molecule has 0 saturated heterocycles. The normalized spacial score (nSPS) is 25.1. The maximum absolute atomic E-state index is 12.4. The zero-order valence-electron chi connectivity index (χ0n) is 15.1. The van der Waals surface area contributed by atoms with Crippen molar-refractivity contribution in [2.24, 2.45) is 10.8 Å². The molecule has 24 heavy (non-hydrogen) atoms. The van der Waals surface area contributed by atoms with Crippen LogP contribution in [-0.4, -0.2) is 53.6 Å². The third-order valence-electron chi connectivity index (χ3n) is 5.14. The lowest BCUT2D eigenvalue weighted by atomic mass is 9.72. The summed E-state index contributed by atoms with van der Waals surface area (Å²) in [5.74, 6) is -1.07. The highest BCUT2D eigenvalue weighted by Gasteiger charge is 2.60. The van der Waals surface area contributed by atoms with E-state index < -0.39 is 17.4 Å². The fourth-order valence-corrected chi connectivity index (χ4v) is 4.06. The number of carbonyl (C=O) groups excluding carboxylic acids is 2. The molecule has 1 saturated carbocycles. The number of fused-ring (bicyclic) bond motifs is 1. The molecule has 0 heterocycles. The van der Waals surface area contributed by atoms with E-state index in [9.17, 15) is 9.59 Å². The van der Waals surface area contributed by atoms with Crippen LogP contribution >= 0.6 is 0 Å². The van der Waals surface area contributed by atoms with Gasteiger partial charge in [0.2, 0.25) is 0 Å². The molecule has 0 aromatic carbocycles. The highest BCUT2D eigenvalue weighted by Crippen LogP contribution is 2.58. The van der Waals surface area contributed by atoms with Gasteiger partial charge < -0.3 is 18.9 Å². The quantitative estimate of drug-likeness (QED) is 0.545. The number of rotatable bonds is 6. The molecule has 0 radical (unpaired) electrons. The third-order valence-corrected chi connectivity index (χ3v) is 5.14. The van der Waals surface area contributed by atoms with Crippen molar-refractivity contribution in [3.63, 3.8) is 0 Å². The Kier molecular flexibility index (Phi) is 5.50. The van der Waals surface area contributed by atoms with Gasteiger partial charge in [0, 0.05) is 14.2 Å². The highest BCUT2D eigenvalue weighted by molar-refractivity contribution is 6.01.